The van der Waals surface area contributed by atoms with Crippen molar-refractivity contribution in [2.45, 2.75) is 25.8 Å². The Kier molecular flexibility index (Phi) is 6.45. The topological polar surface area (TPSA) is 95.5 Å². The zero-order valence-corrected chi connectivity index (χ0v) is 12.7. The summed E-state index contributed by atoms with van der Waals surface area (Å²) in [6, 6.07) is 3.69. The lowest BCUT2D eigenvalue weighted by Crippen LogP contribution is -2.40. The average Bonchev–Trinajstić information content (AvgIpc) is 2.35. The molecule has 1 atom stereocenters. The van der Waals surface area contributed by atoms with Gasteiger partial charge in [0.2, 0.25) is 5.91 Å². The third-order valence-corrected chi connectivity index (χ3v) is 3.16. The van der Waals surface area contributed by atoms with E-state index in [1.54, 1.807) is 25.1 Å². The number of amides is 3. The molecular weight excluding hydrogens is 319 g/mol. The van der Waals surface area contributed by atoms with E-state index in [0.717, 1.165) is 0 Å². The smallest absolute Gasteiger partial charge is 0.321 e. The van der Waals surface area contributed by atoms with Gasteiger partial charge in [0, 0.05) is 16.5 Å². The summed E-state index contributed by atoms with van der Waals surface area (Å²) in [4.78, 5) is 33.2. The number of aliphatic carboxylic acids is 1. The number of carboxylic acid groups (broad SMARTS) is 1. The highest BCUT2D eigenvalue weighted by Crippen LogP contribution is 2.25. The Morgan fingerprint density at radius 2 is 1.90 bits per heavy atom. The van der Waals surface area contributed by atoms with Crippen molar-refractivity contribution in [2.24, 2.45) is 0 Å². The second-order valence-electron chi connectivity index (χ2n) is 4.30. The highest BCUT2D eigenvalue weighted by atomic mass is 35.5. The Hall–Kier alpha value is -1.79. The third-order valence-electron chi connectivity index (χ3n) is 2.60. The number of hydrogen-bond acceptors (Lipinski definition) is 3. The van der Waals surface area contributed by atoms with Gasteiger partial charge < -0.3 is 10.4 Å². The molecule has 0 aliphatic rings. The van der Waals surface area contributed by atoms with Crippen LogP contribution in [0.5, 0.6) is 0 Å². The summed E-state index contributed by atoms with van der Waals surface area (Å²) in [5.41, 5.74) is 0.647. The van der Waals surface area contributed by atoms with E-state index in [-0.39, 0.29) is 12.8 Å². The minimum absolute atomic E-state index is 0.265. The van der Waals surface area contributed by atoms with Gasteiger partial charge in [-0.15, -0.1) is 0 Å². The molecule has 0 saturated carbocycles. The minimum atomic E-state index is -1.10. The van der Waals surface area contributed by atoms with Gasteiger partial charge in [-0.3, -0.25) is 14.9 Å². The van der Waals surface area contributed by atoms with Crippen molar-refractivity contribution in [3.05, 3.63) is 33.8 Å². The SMILES string of the molecule is CC(NC(=O)NC(=O)CCC(=O)O)c1ccc(Cl)cc1Cl. The van der Waals surface area contributed by atoms with Gasteiger partial charge in [-0.2, -0.15) is 0 Å². The minimum Gasteiger partial charge on any atom is -0.481 e. The number of carboxylic acids is 1. The predicted molar refractivity (Wildman–Crippen MR) is 78.4 cm³/mol. The van der Waals surface area contributed by atoms with Crippen molar-refractivity contribution in [1.82, 2.24) is 10.6 Å². The largest absolute Gasteiger partial charge is 0.481 e. The van der Waals surface area contributed by atoms with Gasteiger partial charge in [0.25, 0.3) is 0 Å². The molecule has 21 heavy (non-hydrogen) atoms. The predicted octanol–water partition coefficient (Wildman–Crippen LogP) is 2.75. The fourth-order valence-electron chi connectivity index (χ4n) is 1.57. The van der Waals surface area contributed by atoms with E-state index in [1.165, 1.54) is 0 Å². The standard InChI is InChI=1S/C13H14Cl2N2O4/c1-7(9-3-2-8(14)6-10(9)15)16-13(21)17-11(18)4-5-12(19)20/h2-3,6-7H,4-5H2,1H3,(H,19,20)(H2,16,17,18,21). The van der Waals surface area contributed by atoms with E-state index in [4.69, 9.17) is 28.3 Å². The molecular formula is C13H14Cl2N2O4. The fraction of sp³-hybridized carbons (Fsp3) is 0.308. The average molecular weight is 333 g/mol. The van der Waals surface area contributed by atoms with Crippen LogP contribution in [0.3, 0.4) is 0 Å². The summed E-state index contributed by atoms with van der Waals surface area (Å²) in [5.74, 6) is -1.77. The number of benzene rings is 1. The molecule has 1 aromatic carbocycles. The van der Waals surface area contributed by atoms with Crippen LogP contribution in [0.25, 0.3) is 0 Å². The number of rotatable bonds is 5. The molecule has 3 N–H and O–H groups in total. The lowest BCUT2D eigenvalue weighted by atomic mass is 10.1. The molecule has 0 saturated heterocycles. The second kappa shape index (κ2) is 7.85. The first-order chi connectivity index (χ1) is 9.79. The summed E-state index contributed by atoms with van der Waals surface area (Å²) in [7, 11) is 0. The highest BCUT2D eigenvalue weighted by molar-refractivity contribution is 6.35. The van der Waals surface area contributed by atoms with Crippen LogP contribution in [0.4, 0.5) is 4.79 Å². The maximum absolute atomic E-state index is 11.6. The molecule has 0 bridgehead atoms. The van der Waals surface area contributed by atoms with Crippen LogP contribution in [-0.2, 0) is 9.59 Å². The zero-order chi connectivity index (χ0) is 16.0. The maximum Gasteiger partial charge on any atom is 0.321 e. The first-order valence-corrected chi connectivity index (χ1v) is 6.82. The van der Waals surface area contributed by atoms with Gasteiger partial charge in [-0.25, -0.2) is 4.79 Å². The van der Waals surface area contributed by atoms with Gasteiger partial charge in [0.1, 0.15) is 0 Å². The van der Waals surface area contributed by atoms with Gasteiger partial charge in [-0.1, -0.05) is 29.3 Å². The molecule has 0 aromatic heterocycles. The van der Waals surface area contributed by atoms with E-state index in [1.807, 2.05) is 5.32 Å². The number of nitrogens with one attached hydrogen (secondary N) is 2. The van der Waals surface area contributed by atoms with E-state index >= 15 is 0 Å². The van der Waals surface area contributed by atoms with E-state index in [9.17, 15) is 14.4 Å². The lowest BCUT2D eigenvalue weighted by Gasteiger charge is -2.16. The van der Waals surface area contributed by atoms with Crippen molar-refractivity contribution < 1.29 is 19.5 Å². The Bertz CT molecular complexity index is 563. The van der Waals surface area contributed by atoms with Gasteiger partial charge >= 0.3 is 12.0 Å². The molecule has 114 valence electrons. The number of halogens is 2. The van der Waals surface area contributed by atoms with Crippen molar-refractivity contribution in [2.75, 3.05) is 0 Å². The second-order valence-corrected chi connectivity index (χ2v) is 5.15. The Balaban J connectivity index is 2.54. The van der Waals surface area contributed by atoms with Crippen LogP contribution in [-0.4, -0.2) is 23.0 Å². The number of hydrogen-bond donors (Lipinski definition) is 3. The van der Waals surface area contributed by atoms with Gasteiger partial charge in [-0.05, 0) is 24.6 Å². The molecule has 8 heteroatoms. The maximum atomic E-state index is 11.6. The molecule has 1 aromatic rings. The molecule has 1 unspecified atom stereocenters. The summed E-state index contributed by atoms with van der Waals surface area (Å²) in [6.45, 7) is 1.69. The van der Waals surface area contributed by atoms with Crippen molar-refractivity contribution >= 4 is 41.1 Å². The van der Waals surface area contributed by atoms with E-state index in [2.05, 4.69) is 5.32 Å². The summed E-state index contributed by atoms with van der Waals surface area (Å²) < 4.78 is 0. The quantitative estimate of drug-likeness (QED) is 0.772. The molecule has 0 heterocycles. The molecule has 0 radical (unpaired) electrons. The van der Waals surface area contributed by atoms with Crippen molar-refractivity contribution in [3.8, 4) is 0 Å². The molecule has 0 aliphatic heterocycles. The van der Waals surface area contributed by atoms with Gasteiger partial charge in [0.05, 0.1) is 12.5 Å². The van der Waals surface area contributed by atoms with Crippen LogP contribution in [0.1, 0.15) is 31.4 Å². The normalized spacial score (nSPS) is 11.6. The van der Waals surface area contributed by atoms with Crippen LogP contribution in [0, 0.1) is 0 Å². The van der Waals surface area contributed by atoms with Crippen LogP contribution >= 0.6 is 23.2 Å². The van der Waals surface area contributed by atoms with Crippen molar-refractivity contribution in [1.29, 1.82) is 0 Å². The number of urea groups is 1. The van der Waals surface area contributed by atoms with E-state index < -0.39 is 23.9 Å². The first kappa shape index (κ1) is 17.3. The number of carbonyl (C=O) groups excluding carboxylic acids is 2. The molecule has 0 spiro atoms. The number of imide groups is 1. The molecule has 3 amide bonds. The van der Waals surface area contributed by atoms with E-state index in [0.29, 0.717) is 15.6 Å². The Labute approximate surface area is 131 Å². The lowest BCUT2D eigenvalue weighted by molar-refractivity contribution is -0.138. The Morgan fingerprint density at radius 3 is 2.48 bits per heavy atom. The molecule has 6 nitrogen and oxygen atoms in total. The molecule has 1 rings (SSSR count). The third kappa shape index (κ3) is 6.01. The highest BCUT2D eigenvalue weighted by Gasteiger charge is 2.15. The first-order valence-electron chi connectivity index (χ1n) is 6.06. The summed E-state index contributed by atoms with van der Waals surface area (Å²) in [5, 5.41) is 13.9. The fourth-order valence-corrected chi connectivity index (χ4v) is 2.14. The zero-order valence-electron chi connectivity index (χ0n) is 11.2. The monoisotopic (exact) mass is 332 g/mol. The summed E-state index contributed by atoms with van der Waals surface area (Å²) in [6.07, 6.45) is -0.601. The Morgan fingerprint density at radius 1 is 1.24 bits per heavy atom. The number of carbonyl (C=O) groups is 3. The summed E-state index contributed by atoms with van der Waals surface area (Å²) >= 11 is 11.8. The molecule has 0 fully saturated rings. The van der Waals surface area contributed by atoms with Crippen LogP contribution in [0.15, 0.2) is 18.2 Å². The molecule has 0 aliphatic carbocycles. The van der Waals surface area contributed by atoms with Crippen LogP contribution in [0.2, 0.25) is 10.0 Å². The van der Waals surface area contributed by atoms with Crippen LogP contribution < -0.4 is 10.6 Å². The van der Waals surface area contributed by atoms with Crippen molar-refractivity contribution in [3.63, 3.8) is 0 Å². The van der Waals surface area contributed by atoms with Gasteiger partial charge in [0.15, 0.2) is 0 Å².